The Hall–Kier alpha value is -3.26. The maximum Gasteiger partial charge on any atom is 0.271 e. The number of fused-ring (bicyclic) bond motifs is 1. The maximum atomic E-state index is 12.2. The number of carbonyl (C=O) groups is 1. The number of hydrogen-bond acceptors (Lipinski definition) is 4. The number of benzene rings is 2. The molecule has 0 atom stereocenters. The quantitative estimate of drug-likeness (QED) is 0.654. The van der Waals surface area contributed by atoms with Crippen molar-refractivity contribution in [1.82, 2.24) is 0 Å². The average molecular weight is 277 g/mol. The molecule has 102 valence electrons. The third-order valence-corrected chi connectivity index (χ3v) is 2.94. The maximum absolute atomic E-state index is 12.2. The van der Waals surface area contributed by atoms with Crippen LogP contribution in [0.1, 0.15) is 0 Å². The summed E-state index contributed by atoms with van der Waals surface area (Å²) in [5, 5.41) is 14.8. The van der Waals surface area contributed by atoms with E-state index in [0.717, 1.165) is 5.69 Å². The molecule has 1 aliphatic heterocycles. The Morgan fingerprint density at radius 1 is 1.10 bits per heavy atom. The first kappa shape index (κ1) is 12.8. The van der Waals surface area contributed by atoms with E-state index < -0.39 is 5.91 Å². The standard InChI is InChI=1S/C16H11N3O2/c17-10-12(15(20)18-11-6-2-1-3-7-11)16-19-13-8-4-5-9-14(13)21-16/h1-9,19H,(H,18,20)/b16-12-. The smallest absolute Gasteiger partial charge is 0.271 e. The second-order valence-corrected chi connectivity index (χ2v) is 4.36. The van der Waals surface area contributed by atoms with Crippen LogP contribution in [0, 0.1) is 11.3 Å². The van der Waals surface area contributed by atoms with Crippen LogP contribution in [0.15, 0.2) is 66.1 Å². The normalized spacial score (nSPS) is 14.2. The second-order valence-electron chi connectivity index (χ2n) is 4.36. The SMILES string of the molecule is N#C/C(C(=O)Nc1ccccc1)=C1\Nc2ccccc2O1. The van der Waals surface area contributed by atoms with E-state index >= 15 is 0 Å². The Balaban J connectivity index is 1.85. The summed E-state index contributed by atoms with van der Waals surface area (Å²) in [5.74, 6) is 0.221. The fourth-order valence-corrected chi connectivity index (χ4v) is 1.95. The third-order valence-electron chi connectivity index (χ3n) is 2.94. The van der Waals surface area contributed by atoms with Crippen LogP contribution in [-0.4, -0.2) is 5.91 Å². The van der Waals surface area contributed by atoms with E-state index in [-0.39, 0.29) is 11.5 Å². The van der Waals surface area contributed by atoms with Crippen LogP contribution in [0.5, 0.6) is 5.75 Å². The summed E-state index contributed by atoms with van der Waals surface area (Å²) in [6.45, 7) is 0. The molecule has 0 aliphatic carbocycles. The lowest BCUT2D eigenvalue weighted by atomic mass is 10.2. The van der Waals surface area contributed by atoms with E-state index in [1.54, 1.807) is 30.3 Å². The summed E-state index contributed by atoms with van der Waals surface area (Å²) < 4.78 is 5.50. The lowest BCUT2D eigenvalue weighted by Gasteiger charge is -2.06. The molecule has 0 radical (unpaired) electrons. The van der Waals surface area contributed by atoms with Crippen molar-refractivity contribution in [2.75, 3.05) is 10.6 Å². The molecule has 1 aliphatic rings. The molecule has 0 saturated heterocycles. The van der Waals surface area contributed by atoms with Gasteiger partial charge < -0.3 is 15.4 Å². The number of ether oxygens (including phenoxy) is 1. The molecule has 5 heteroatoms. The molecule has 3 rings (SSSR count). The van der Waals surface area contributed by atoms with E-state index in [9.17, 15) is 10.1 Å². The highest BCUT2D eigenvalue weighted by molar-refractivity contribution is 6.07. The van der Waals surface area contributed by atoms with Crippen molar-refractivity contribution in [3.63, 3.8) is 0 Å². The molecule has 2 N–H and O–H groups in total. The Morgan fingerprint density at radius 3 is 2.52 bits per heavy atom. The van der Waals surface area contributed by atoms with Crippen molar-refractivity contribution in [2.24, 2.45) is 0 Å². The highest BCUT2D eigenvalue weighted by atomic mass is 16.5. The lowest BCUT2D eigenvalue weighted by molar-refractivity contribution is -0.112. The fourth-order valence-electron chi connectivity index (χ4n) is 1.95. The van der Waals surface area contributed by atoms with Crippen molar-refractivity contribution in [3.8, 4) is 11.8 Å². The molecule has 2 aromatic carbocycles. The molecule has 2 aromatic rings. The van der Waals surface area contributed by atoms with Crippen LogP contribution in [0.4, 0.5) is 11.4 Å². The van der Waals surface area contributed by atoms with Crippen LogP contribution >= 0.6 is 0 Å². The zero-order valence-corrected chi connectivity index (χ0v) is 11.0. The van der Waals surface area contributed by atoms with E-state index in [2.05, 4.69) is 10.6 Å². The number of anilines is 2. The van der Waals surface area contributed by atoms with Crippen molar-refractivity contribution >= 4 is 17.3 Å². The summed E-state index contributed by atoms with van der Waals surface area (Å²) in [4.78, 5) is 12.2. The Bertz CT molecular complexity index is 734. The van der Waals surface area contributed by atoms with Crippen LogP contribution in [0.3, 0.4) is 0 Å². The van der Waals surface area contributed by atoms with Crippen molar-refractivity contribution in [3.05, 3.63) is 66.1 Å². The van der Waals surface area contributed by atoms with Gasteiger partial charge in [-0.3, -0.25) is 4.79 Å². The van der Waals surface area contributed by atoms with Gasteiger partial charge in [0.1, 0.15) is 6.07 Å². The molecule has 0 fully saturated rings. The largest absolute Gasteiger partial charge is 0.437 e. The first-order chi connectivity index (χ1) is 10.3. The number of carbonyl (C=O) groups excluding carboxylic acids is 1. The summed E-state index contributed by atoms with van der Waals surface area (Å²) in [7, 11) is 0. The molecule has 0 unspecified atom stereocenters. The minimum absolute atomic E-state index is 0.102. The van der Waals surface area contributed by atoms with Crippen LogP contribution in [0.2, 0.25) is 0 Å². The van der Waals surface area contributed by atoms with Gasteiger partial charge in [0.25, 0.3) is 5.91 Å². The van der Waals surface area contributed by atoms with E-state index in [1.165, 1.54) is 0 Å². The Morgan fingerprint density at radius 2 is 1.81 bits per heavy atom. The van der Waals surface area contributed by atoms with Gasteiger partial charge in [-0.15, -0.1) is 0 Å². The number of hydrogen-bond donors (Lipinski definition) is 2. The van der Waals surface area contributed by atoms with Gasteiger partial charge in [0.15, 0.2) is 11.3 Å². The van der Waals surface area contributed by atoms with Gasteiger partial charge in [-0.1, -0.05) is 30.3 Å². The highest BCUT2D eigenvalue weighted by Gasteiger charge is 2.24. The Labute approximate surface area is 121 Å². The van der Waals surface area contributed by atoms with Crippen molar-refractivity contribution in [1.29, 1.82) is 5.26 Å². The van der Waals surface area contributed by atoms with Gasteiger partial charge in [-0.05, 0) is 24.3 Å². The van der Waals surface area contributed by atoms with Gasteiger partial charge >= 0.3 is 0 Å². The number of rotatable bonds is 2. The molecular formula is C16H11N3O2. The monoisotopic (exact) mass is 277 g/mol. The number of para-hydroxylation sites is 3. The molecule has 21 heavy (non-hydrogen) atoms. The zero-order chi connectivity index (χ0) is 14.7. The fraction of sp³-hybridized carbons (Fsp3) is 0. The predicted octanol–water partition coefficient (Wildman–Crippen LogP) is 2.86. The van der Waals surface area contributed by atoms with Gasteiger partial charge in [0.05, 0.1) is 5.69 Å². The average Bonchev–Trinajstić information content (AvgIpc) is 2.92. The third kappa shape index (κ3) is 2.55. The Kier molecular flexibility index (Phi) is 3.27. The number of nitrogens with zero attached hydrogens (tertiary/aromatic N) is 1. The zero-order valence-electron chi connectivity index (χ0n) is 11.0. The van der Waals surface area contributed by atoms with Gasteiger partial charge in [-0.25, -0.2) is 0 Å². The first-order valence-electron chi connectivity index (χ1n) is 6.32. The van der Waals surface area contributed by atoms with Crippen LogP contribution in [0.25, 0.3) is 0 Å². The molecule has 0 spiro atoms. The van der Waals surface area contributed by atoms with E-state index in [4.69, 9.17) is 4.74 Å². The molecular weight excluding hydrogens is 266 g/mol. The van der Waals surface area contributed by atoms with E-state index in [0.29, 0.717) is 11.4 Å². The molecule has 0 saturated carbocycles. The summed E-state index contributed by atoms with van der Waals surface area (Å²) in [6.07, 6.45) is 0. The van der Waals surface area contributed by atoms with Crippen LogP contribution < -0.4 is 15.4 Å². The first-order valence-corrected chi connectivity index (χ1v) is 6.32. The summed E-state index contributed by atoms with van der Waals surface area (Å²) in [5.41, 5.74) is 1.24. The minimum atomic E-state index is -0.515. The molecule has 0 bridgehead atoms. The summed E-state index contributed by atoms with van der Waals surface area (Å²) in [6, 6.07) is 18.1. The summed E-state index contributed by atoms with van der Waals surface area (Å²) >= 11 is 0. The number of amides is 1. The lowest BCUT2D eigenvalue weighted by Crippen LogP contribution is -2.18. The highest BCUT2D eigenvalue weighted by Crippen LogP contribution is 2.33. The predicted molar refractivity (Wildman–Crippen MR) is 78.4 cm³/mol. The molecule has 5 nitrogen and oxygen atoms in total. The van der Waals surface area contributed by atoms with Gasteiger partial charge in [0, 0.05) is 5.69 Å². The van der Waals surface area contributed by atoms with Gasteiger partial charge in [-0.2, -0.15) is 5.26 Å². The topological polar surface area (TPSA) is 74.2 Å². The number of nitrogens with one attached hydrogen (secondary N) is 2. The second kappa shape index (κ2) is 5.39. The molecule has 1 heterocycles. The van der Waals surface area contributed by atoms with E-state index in [1.807, 2.05) is 30.3 Å². The molecule has 1 amide bonds. The van der Waals surface area contributed by atoms with Crippen LogP contribution in [-0.2, 0) is 4.79 Å². The minimum Gasteiger partial charge on any atom is -0.437 e. The van der Waals surface area contributed by atoms with Gasteiger partial charge in [0.2, 0.25) is 5.88 Å². The van der Waals surface area contributed by atoms with Crippen molar-refractivity contribution < 1.29 is 9.53 Å². The molecule has 0 aromatic heterocycles. The number of nitriles is 1. The van der Waals surface area contributed by atoms with Crippen molar-refractivity contribution in [2.45, 2.75) is 0 Å².